The van der Waals surface area contributed by atoms with E-state index < -0.39 is 0 Å². The third kappa shape index (κ3) is 4.87. The molecule has 0 radical (unpaired) electrons. The SMILES string of the molecule is CCCCCCCC(N)c1ccc(OC)cc1Cl. The van der Waals surface area contributed by atoms with Crippen LogP contribution in [0.25, 0.3) is 0 Å². The lowest BCUT2D eigenvalue weighted by molar-refractivity contribution is 0.414. The van der Waals surface area contributed by atoms with Gasteiger partial charge < -0.3 is 10.5 Å². The molecule has 2 N–H and O–H groups in total. The molecule has 0 bridgehead atoms. The van der Waals surface area contributed by atoms with Gasteiger partial charge in [0.25, 0.3) is 0 Å². The number of methoxy groups -OCH3 is 1. The van der Waals surface area contributed by atoms with E-state index in [1.165, 1.54) is 32.1 Å². The van der Waals surface area contributed by atoms with E-state index in [2.05, 4.69) is 6.92 Å². The van der Waals surface area contributed by atoms with Gasteiger partial charge >= 0.3 is 0 Å². The van der Waals surface area contributed by atoms with Gasteiger partial charge in [-0.25, -0.2) is 0 Å². The van der Waals surface area contributed by atoms with E-state index in [1.54, 1.807) is 7.11 Å². The van der Waals surface area contributed by atoms with E-state index in [-0.39, 0.29) is 6.04 Å². The lowest BCUT2D eigenvalue weighted by Crippen LogP contribution is -2.10. The Morgan fingerprint density at radius 3 is 2.56 bits per heavy atom. The summed E-state index contributed by atoms with van der Waals surface area (Å²) in [4.78, 5) is 0. The Bertz CT molecular complexity index is 354. The summed E-state index contributed by atoms with van der Waals surface area (Å²) in [6.07, 6.45) is 7.32. The van der Waals surface area contributed by atoms with Crippen LogP contribution in [0.1, 0.15) is 57.1 Å². The standard InChI is InChI=1S/C15H24ClNO/c1-3-4-5-6-7-8-15(17)13-10-9-12(18-2)11-14(13)16/h9-11,15H,3-8,17H2,1-2H3. The molecule has 1 atom stereocenters. The highest BCUT2D eigenvalue weighted by Gasteiger charge is 2.10. The summed E-state index contributed by atoms with van der Waals surface area (Å²) in [7, 11) is 1.64. The average molecular weight is 270 g/mol. The van der Waals surface area contributed by atoms with Crippen molar-refractivity contribution in [1.29, 1.82) is 0 Å². The van der Waals surface area contributed by atoms with Gasteiger partial charge in [-0.2, -0.15) is 0 Å². The van der Waals surface area contributed by atoms with E-state index in [9.17, 15) is 0 Å². The van der Waals surface area contributed by atoms with Crippen LogP contribution < -0.4 is 10.5 Å². The highest BCUT2D eigenvalue weighted by Crippen LogP contribution is 2.28. The summed E-state index contributed by atoms with van der Waals surface area (Å²) in [6.45, 7) is 2.23. The molecule has 1 aromatic carbocycles. The molecule has 0 saturated heterocycles. The smallest absolute Gasteiger partial charge is 0.120 e. The van der Waals surface area contributed by atoms with Crippen LogP contribution in [0.2, 0.25) is 5.02 Å². The zero-order chi connectivity index (χ0) is 13.4. The van der Waals surface area contributed by atoms with E-state index in [0.717, 1.165) is 17.7 Å². The molecule has 0 heterocycles. The molecule has 0 spiro atoms. The molecule has 1 unspecified atom stereocenters. The van der Waals surface area contributed by atoms with Gasteiger partial charge in [-0.3, -0.25) is 0 Å². The number of halogens is 1. The predicted molar refractivity (Wildman–Crippen MR) is 78.3 cm³/mol. The first kappa shape index (κ1) is 15.3. The summed E-state index contributed by atoms with van der Waals surface area (Å²) in [5.41, 5.74) is 7.20. The Morgan fingerprint density at radius 1 is 1.22 bits per heavy atom. The van der Waals surface area contributed by atoms with Crippen LogP contribution in [-0.2, 0) is 0 Å². The Balaban J connectivity index is 2.43. The fourth-order valence-electron chi connectivity index (χ4n) is 2.06. The first-order chi connectivity index (χ1) is 8.69. The van der Waals surface area contributed by atoms with E-state index >= 15 is 0 Å². The van der Waals surface area contributed by atoms with Crippen molar-refractivity contribution in [3.63, 3.8) is 0 Å². The second-order valence-corrected chi connectivity index (χ2v) is 5.10. The Labute approximate surface area is 115 Å². The fourth-order valence-corrected chi connectivity index (χ4v) is 2.37. The van der Waals surface area contributed by atoms with E-state index in [4.69, 9.17) is 22.1 Å². The van der Waals surface area contributed by atoms with Crippen LogP contribution in [-0.4, -0.2) is 7.11 Å². The first-order valence-corrected chi connectivity index (χ1v) is 7.15. The number of hydrogen-bond acceptors (Lipinski definition) is 2. The van der Waals surface area contributed by atoms with E-state index in [0.29, 0.717) is 5.02 Å². The molecule has 2 nitrogen and oxygen atoms in total. The maximum Gasteiger partial charge on any atom is 0.120 e. The lowest BCUT2D eigenvalue weighted by atomic mass is 10.0. The summed E-state index contributed by atoms with van der Waals surface area (Å²) < 4.78 is 5.13. The summed E-state index contributed by atoms with van der Waals surface area (Å²) in [6, 6.07) is 5.74. The number of nitrogens with two attached hydrogens (primary N) is 1. The molecule has 1 aromatic rings. The van der Waals surface area contributed by atoms with Crippen molar-refractivity contribution in [2.24, 2.45) is 5.73 Å². The Kier molecular flexibility index (Phi) is 7.14. The Hall–Kier alpha value is -0.730. The summed E-state index contributed by atoms with van der Waals surface area (Å²) in [5.74, 6) is 0.777. The van der Waals surface area contributed by atoms with Crippen molar-refractivity contribution >= 4 is 11.6 Å². The molecule has 0 aliphatic rings. The fraction of sp³-hybridized carbons (Fsp3) is 0.600. The van der Waals surface area contributed by atoms with Crippen LogP contribution in [0, 0.1) is 0 Å². The number of unbranched alkanes of at least 4 members (excludes halogenated alkanes) is 4. The largest absolute Gasteiger partial charge is 0.497 e. The minimum atomic E-state index is 0.0324. The van der Waals surface area contributed by atoms with Gasteiger partial charge in [0.1, 0.15) is 5.75 Å². The monoisotopic (exact) mass is 269 g/mol. The van der Waals surface area contributed by atoms with Gasteiger partial charge in [0.05, 0.1) is 7.11 Å². The van der Waals surface area contributed by atoms with Crippen molar-refractivity contribution < 1.29 is 4.74 Å². The van der Waals surface area contributed by atoms with Crippen molar-refractivity contribution in [2.75, 3.05) is 7.11 Å². The first-order valence-electron chi connectivity index (χ1n) is 6.78. The molecular weight excluding hydrogens is 246 g/mol. The van der Waals surface area contributed by atoms with Crippen molar-refractivity contribution in [3.8, 4) is 5.75 Å². The normalized spacial score (nSPS) is 12.4. The lowest BCUT2D eigenvalue weighted by Gasteiger charge is -2.14. The van der Waals surface area contributed by atoms with Crippen LogP contribution >= 0.6 is 11.6 Å². The topological polar surface area (TPSA) is 35.2 Å². The van der Waals surface area contributed by atoms with Crippen LogP contribution in [0.4, 0.5) is 0 Å². The minimum absolute atomic E-state index is 0.0324. The quantitative estimate of drug-likeness (QED) is 0.694. The molecule has 0 saturated carbocycles. The predicted octanol–water partition coefficient (Wildman–Crippen LogP) is 4.71. The second kappa shape index (κ2) is 8.39. The molecular formula is C15H24ClNO. The number of ether oxygens (including phenoxy) is 1. The highest BCUT2D eigenvalue weighted by molar-refractivity contribution is 6.31. The van der Waals surface area contributed by atoms with Crippen molar-refractivity contribution in [3.05, 3.63) is 28.8 Å². The molecule has 1 rings (SSSR count). The van der Waals surface area contributed by atoms with Crippen LogP contribution in [0.5, 0.6) is 5.75 Å². The Morgan fingerprint density at radius 2 is 1.94 bits per heavy atom. The summed E-state index contributed by atoms with van der Waals surface area (Å²) >= 11 is 6.21. The summed E-state index contributed by atoms with van der Waals surface area (Å²) in [5, 5.41) is 0.704. The maximum absolute atomic E-state index is 6.21. The number of benzene rings is 1. The van der Waals surface area contributed by atoms with E-state index in [1.807, 2.05) is 18.2 Å². The second-order valence-electron chi connectivity index (χ2n) is 4.70. The molecule has 0 fully saturated rings. The zero-order valence-electron chi connectivity index (χ0n) is 11.4. The van der Waals surface area contributed by atoms with Crippen LogP contribution in [0.3, 0.4) is 0 Å². The zero-order valence-corrected chi connectivity index (χ0v) is 12.2. The maximum atomic E-state index is 6.21. The number of hydrogen-bond donors (Lipinski definition) is 1. The molecule has 3 heteroatoms. The third-order valence-electron chi connectivity index (χ3n) is 3.23. The minimum Gasteiger partial charge on any atom is -0.497 e. The molecule has 0 aliphatic heterocycles. The molecule has 102 valence electrons. The average Bonchev–Trinajstić information content (AvgIpc) is 2.38. The van der Waals surface area contributed by atoms with Gasteiger partial charge in [0, 0.05) is 11.1 Å². The van der Waals surface area contributed by atoms with Gasteiger partial charge in [-0.05, 0) is 24.1 Å². The van der Waals surface area contributed by atoms with Gasteiger partial charge in [0.15, 0.2) is 0 Å². The molecule has 0 aliphatic carbocycles. The highest BCUT2D eigenvalue weighted by atomic mass is 35.5. The van der Waals surface area contributed by atoms with Gasteiger partial charge in [-0.1, -0.05) is 56.7 Å². The van der Waals surface area contributed by atoms with Crippen molar-refractivity contribution in [1.82, 2.24) is 0 Å². The van der Waals surface area contributed by atoms with Gasteiger partial charge in [-0.15, -0.1) is 0 Å². The number of rotatable bonds is 8. The molecule has 18 heavy (non-hydrogen) atoms. The van der Waals surface area contributed by atoms with Crippen molar-refractivity contribution in [2.45, 2.75) is 51.5 Å². The van der Waals surface area contributed by atoms with Gasteiger partial charge in [0.2, 0.25) is 0 Å². The molecule has 0 aromatic heterocycles. The third-order valence-corrected chi connectivity index (χ3v) is 3.55. The molecule has 0 amide bonds. The van der Waals surface area contributed by atoms with Crippen LogP contribution in [0.15, 0.2) is 18.2 Å².